The first kappa shape index (κ1) is 10.3. The van der Waals surface area contributed by atoms with Crippen LogP contribution in [0.2, 0.25) is 5.02 Å². The monoisotopic (exact) mass is 200 g/mol. The van der Waals surface area contributed by atoms with Crippen LogP contribution in [0.25, 0.3) is 0 Å². The molecule has 1 rings (SSSR count). The smallest absolute Gasteiger partial charge is 0.0655 e. The van der Waals surface area contributed by atoms with Crippen molar-refractivity contribution in [2.45, 2.75) is 6.04 Å². The lowest BCUT2D eigenvalue weighted by molar-refractivity contribution is 0.181. The predicted octanol–water partition coefficient (Wildman–Crippen LogP) is 1.57. The van der Waals surface area contributed by atoms with Gasteiger partial charge in [0.25, 0.3) is 0 Å². The average molecular weight is 201 g/mol. The van der Waals surface area contributed by atoms with Gasteiger partial charge in [-0.1, -0.05) is 17.7 Å². The number of benzene rings is 1. The highest BCUT2D eigenvalue weighted by atomic mass is 35.5. The molecule has 1 aromatic rings. The molecule has 0 fully saturated rings. The van der Waals surface area contributed by atoms with Crippen LogP contribution < -0.4 is 11.5 Å². The molecule has 0 saturated carbocycles. The lowest BCUT2D eigenvalue weighted by Gasteiger charge is -2.11. The van der Waals surface area contributed by atoms with Crippen LogP contribution in [0.15, 0.2) is 18.2 Å². The van der Waals surface area contributed by atoms with Crippen molar-refractivity contribution in [1.82, 2.24) is 0 Å². The average Bonchev–Trinajstić information content (AvgIpc) is 2.10. The first-order valence-corrected chi connectivity index (χ1v) is 4.32. The molecule has 0 unspecified atom stereocenters. The highest BCUT2D eigenvalue weighted by Gasteiger charge is 2.06. The molecule has 0 aromatic heterocycles. The fraction of sp³-hybridized carbons (Fsp3) is 0.333. The Kier molecular flexibility index (Phi) is 3.54. The van der Waals surface area contributed by atoms with E-state index < -0.39 is 0 Å². The molecule has 13 heavy (non-hydrogen) atoms. The van der Waals surface area contributed by atoms with E-state index in [4.69, 9.17) is 27.8 Å². The fourth-order valence-electron chi connectivity index (χ4n) is 1.07. The molecule has 4 N–H and O–H groups in total. The van der Waals surface area contributed by atoms with Crippen molar-refractivity contribution in [3.8, 4) is 0 Å². The van der Waals surface area contributed by atoms with Crippen molar-refractivity contribution in [2.75, 3.05) is 19.5 Å². The third-order valence-corrected chi connectivity index (χ3v) is 2.14. The summed E-state index contributed by atoms with van der Waals surface area (Å²) in [6.45, 7) is 0.473. The maximum absolute atomic E-state index is 5.80. The Morgan fingerprint density at radius 3 is 2.77 bits per heavy atom. The third-order valence-electron chi connectivity index (χ3n) is 1.79. The number of rotatable bonds is 3. The zero-order valence-corrected chi connectivity index (χ0v) is 8.21. The van der Waals surface area contributed by atoms with Gasteiger partial charge in [0.2, 0.25) is 0 Å². The summed E-state index contributed by atoms with van der Waals surface area (Å²) in [6.07, 6.45) is 0. The van der Waals surface area contributed by atoms with E-state index in [2.05, 4.69) is 0 Å². The van der Waals surface area contributed by atoms with Gasteiger partial charge in [-0.2, -0.15) is 0 Å². The van der Waals surface area contributed by atoms with Crippen molar-refractivity contribution < 1.29 is 4.74 Å². The van der Waals surface area contributed by atoms with Crippen molar-refractivity contribution in [2.24, 2.45) is 5.73 Å². The van der Waals surface area contributed by atoms with Gasteiger partial charge in [-0.15, -0.1) is 0 Å². The number of hydrogen-bond acceptors (Lipinski definition) is 3. The fourth-order valence-corrected chi connectivity index (χ4v) is 1.19. The highest BCUT2D eigenvalue weighted by molar-refractivity contribution is 6.33. The predicted molar refractivity (Wildman–Crippen MR) is 54.7 cm³/mol. The van der Waals surface area contributed by atoms with Crippen molar-refractivity contribution in [3.63, 3.8) is 0 Å². The quantitative estimate of drug-likeness (QED) is 0.729. The topological polar surface area (TPSA) is 61.3 Å². The van der Waals surface area contributed by atoms with Crippen LogP contribution in [0.5, 0.6) is 0 Å². The standard InChI is InChI=1S/C9H13ClN2O/c1-13-5-9(12)6-2-3-7(10)8(11)4-6/h2-4,9H,5,11-12H2,1H3/t9-/m1/s1. The summed E-state index contributed by atoms with van der Waals surface area (Å²) in [5.74, 6) is 0. The Bertz CT molecular complexity index is 291. The largest absolute Gasteiger partial charge is 0.398 e. The summed E-state index contributed by atoms with van der Waals surface area (Å²) in [5, 5.41) is 0.549. The van der Waals surface area contributed by atoms with Crippen LogP contribution in [0.1, 0.15) is 11.6 Å². The molecule has 0 radical (unpaired) electrons. The SMILES string of the molecule is COC[C@@H](N)c1ccc(Cl)c(N)c1. The molecule has 0 aliphatic carbocycles. The summed E-state index contributed by atoms with van der Waals surface area (Å²) < 4.78 is 4.93. The van der Waals surface area contributed by atoms with Gasteiger partial charge in [0.15, 0.2) is 0 Å². The van der Waals surface area contributed by atoms with Crippen LogP contribution >= 0.6 is 11.6 Å². The number of nitrogen functional groups attached to an aromatic ring is 1. The second-order valence-corrected chi connectivity index (χ2v) is 3.25. The molecular weight excluding hydrogens is 188 g/mol. The number of hydrogen-bond donors (Lipinski definition) is 2. The van der Waals surface area contributed by atoms with E-state index in [-0.39, 0.29) is 6.04 Å². The number of methoxy groups -OCH3 is 1. The van der Waals surface area contributed by atoms with Gasteiger partial charge in [0.1, 0.15) is 0 Å². The first-order valence-electron chi connectivity index (χ1n) is 3.94. The molecular formula is C9H13ClN2O. The summed E-state index contributed by atoms with van der Waals surface area (Å²) in [5.41, 5.74) is 12.9. The molecule has 0 saturated heterocycles. The molecule has 0 spiro atoms. The van der Waals surface area contributed by atoms with Crippen molar-refractivity contribution >= 4 is 17.3 Å². The maximum atomic E-state index is 5.80. The number of ether oxygens (including phenoxy) is 1. The van der Waals surface area contributed by atoms with E-state index >= 15 is 0 Å². The Balaban J connectivity index is 2.84. The van der Waals surface area contributed by atoms with Gasteiger partial charge in [-0.3, -0.25) is 0 Å². The summed E-state index contributed by atoms with van der Waals surface area (Å²) >= 11 is 5.77. The van der Waals surface area contributed by atoms with Crippen molar-refractivity contribution in [3.05, 3.63) is 28.8 Å². The lowest BCUT2D eigenvalue weighted by atomic mass is 10.1. The zero-order valence-electron chi connectivity index (χ0n) is 7.46. The van der Waals surface area contributed by atoms with E-state index in [1.165, 1.54) is 0 Å². The molecule has 0 heterocycles. The van der Waals surface area contributed by atoms with Crippen LogP contribution in [0.4, 0.5) is 5.69 Å². The van der Waals surface area contributed by atoms with Gasteiger partial charge < -0.3 is 16.2 Å². The minimum atomic E-state index is -0.149. The Morgan fingerprint density at radius 2 is 2.23 bits per heavy atom. The van der Waals surface area contributed by atoms with Gasteiger partial charge in [-0.25, -0.2) is 0 Å². The minimum Gasteiger partial charge on any atom is -0.398 e. The number of halogens is 1. The molecule has 0 aliphatic heterocycles. The second-order valence-electron chi connectivity index (χ2n) is 2.84. The van der Waals surface area contributed by atoms with Crippen LogP contribution in [0.3, 0.4) is 0 Å². The third kappa shape index (κ3) is 2.59. The van der Waals surface area contributed by atoms with E-state index in [0.29, 0.717) is 17.3 Å². The van der Waals surface area contributed by atoms with E-state index in [0.717, 1.165) is 5.56 Å². The van der Waals surface area contributed by atoms with Crippen LogP contribution in [0, 0.1) is 0 Å². The second kappa shape index (κ2) is 4.46. The molecule has 0 amide bonds. The Labute approximate surface area is 82.6 Å². The molecule has 72 valence electrons. The highest BCUT2D eigenvalue weighted by Crippen LogP contribution is 2.22. The summed E-state index contributed by atoms with van der Waals surface area (Å²) in [4.78, 5) is 0. The Hall–Kier alpha value is -0.770. The molecule has 0 bridgehead atoms. The summed E-state index contributed by atoms with van der Waals surface area (Å²) in [7, 11) is 1.61. The van der Waals surface area contributed by atoms with Gasteiger partial charge in [-0.05, 0) is 17.7 Å². The van der Waals surface area contributed by atoms with Gasteiger partial charge in [0, 0.05) is 7.11 Å². The normalized spacial score (nSPS) is 12.8. The van der Waals surface area contributed by atoms with Gasteiger partial charge in [0.05, 0.1) is 23.4 Å². The number of anilines is 1. The van der Waals surface area contributed by atoms with Crippen molar-refractivity contribution in [1.29, 1.82) is 0 Å². The molecule has 3 nitrogen and oxygen atoms in total. The Morgan fingerprint density at radius 1 is 1.54 bits per heavy atom. The lowest BCUT2D eigenvalue weighted by Crippen LogP contribution is -2.16. The zero-order chi connectivity index (χ0) is 9.84. The first-order chi connectivity index (χ1) is 6.15. The van der Waals surface area contributed by atoms with Crippen LogP contribution in [-0.2, 0) is 4.74 Å². The molecule has 1 atom stereocenters. The number of nitrogens with two attached hydrogens (primary N) is 2. The van der Waals surface area contributed by atoms with E-state index in [1.54, 1.807) is 19.2 Å². The van der Waals surface area contributed by atoms with Gasteiger partial charge >= 0.3 is 0 Å². The molecule has 1 aromatic carbocycles. The van der Waals surface area contributed by atoms with Crippen LogP contribution in [-0.4, -0.2) is 13.7 Å². The molecule has 4 heteroatoms. The molecule has 0 aliphatic rings. The maximum Gasteiger partial charge on any atom is 0.0655 e. The van der Waals surface area contributed by atoms with E-state index in [9.17, 15) is 0 Å². The summed E-state index contributed by atoms with van der Waals surface area (Å²) in [6, 6.07) is 5.21. The van der Waals surface area contributed by atoms with E-state index in [1.807, 2.05) is 6.07 Å². The minimum absolute atomic E-state index is 0.149.